The van der Waals surface area contributed by atoms with Gasteiger partial charge in [-0.05, 0) is 32.9 Å². The van der Waals surface area contributed by atoms with E-state index in [1.54, 1.807) is 11.6 Å². The van der Waals surface area contributed by atoms with Crippen molar-refractivity contribution >= 4 is 11.7 Å². The molecular formula is C16H20F2N4O2. The lowest BCUT2D eigenvalue weighted by atomic mass is 10.1. The fourth-order valence-corrected chi connectivity index (χ4v) is 2.46. The van der Waals surface area contributed by atoms with Gasteiger partial charge < -0.3 is 15.7 Å². The lowest BCUT2D eigenvalue weighted by Gasteiger charge is -2.14. The molecule has 1 aromatic heterocycles. The predicted octanol–water partition coefficient (Wildman–Crippen LogP) is 2.65. The molecule has 2 aromatic rings. The number of aryl methyl sites for hydroxylation is 2. The molecule has 0 saturated carbocycles. The number of hydrogen-bond donors (Lipinski definition) is 3. The number of hydrogen-bond acceptors (Lipinski definition) is 3. The van der Waals surface area contributed by atoms with Crippen LogP contribution in [0.1, 0.15) is 30.0 Å². The number of carbonyl (C=O) groups is 1. The lowest BCUT2D eigenvalue weighted by molar-refractivity contribution is 0.166. The molecule has 0 bridgehead atoms. The van der Waals surface area contributed by atoms with Crippen LogP contribution in [0.5, 0.6) is 0 Å². The van der Waals surface area contributed by atoms with Gasteiger partial charge >= 0.3 is 6.03 Å². The molecule has 0 radical (unpaired) electrons. The van der Waals surface area contributed by atoms with E-state index >= 15 is 0 Å². The number of aliphatic hydroxyl groups is 1. The Balaban J connectivity index is 2.00. The topological polar surface area (TPSA) is 79.2 Å². The Hall–Kier alpha value is -2.48. The predicted molar refractivity (Wildman–Crippen MR) is 85.7 cm³/mol. The zero-order chi connectivity index (χ0) is 17.9. The number of carbonyl (C=O) groups excluding carboxylic acids is 1. The van der Waals surface area contributed by atoms with Gasteiger partial charge in [0.15, 0.2) is 0 Å². The molecule has 8 heteroatoms. The first-order valence-corrected chi connectivity index (χ1v) is 7.56. The Morgan fingerprint density at radius 3 is 2.50 bits per heavy atom. The van der Waals surface area contributed by atoms with E-state index in [1.807, 2.05) is 13.8 Å². The molecule has 24 heavy (non-hydrogen) atoms. The van der Waals surface area contributed by atoms with Gasteiger partial charge in [0.25, 0.3) is 0 Å². The van der Waals surface area contributed by atoms with Crippen LogP contribution in [-0.2, 0) is 6.54 Å². The third-order valence-electron chi connectivity index (χ3n) is 3.71. The zero-order valence-electron chi connectivity index (χ0n) is 13.7. The van der Waals surface area contributed by atoms with Crippen molar-refractivity contribution in [1.82, 2.24) is 15.1 Å². The molecule has 0 aliphatic heterocycles. The Bertz CT molecular complexity index is 726. The summed E-state index contributed by atoms with van der Waals surface area (Å²) in [7, 11) is 0. The number of anilines is 1. The maximum absolute atomic E-state index is 13.6. The second-order valence-corrected chi connectivity index (χ2v) is 5.35. The summed E-state index contributed by atoms with van der Waals surface area (Å²) in [6, 6.07) is 2.71. The van der Waals surface area contributed by atoms with E-state index in [2.05, 4.69) is 15.7 Å². The first-order chi connectivity index (χ1) is 11.3. The van der Waals surface area contributed by atoms with Crippen LogP contribution in [0.4, 0.5) is 19.3 Å². The van der Waals surface area contributed by atoms with Crippen LogP contribution in [0, 0.1) is 25.5 Å². The molecule has 1 heterocycles. The van der Waals surface area contributed by atoms with E-state index in [0.717, 1.165) is 17.8 Å². The molecular weight excluding hydrogens is 318 g/mol. The van der Waals surface area contributed by atoms with Crippen molar-refractivity contribution < 1.29 is 18.7 Å². The van der Waals surface area contributed by atoms with Gasteiger partial charge in [-0.25, -0.2) is 13.6 Å². The number of halogens is 2. The van der Waals surface area contributed by atoms with E-state index in [4.69, 9.17) is 0 Å². The number of amides is 2. The molecule has 2 rings (SSSR count). The van der Waals surface area contributed by atoms with Crippen LogP contribution in [0.3, 0.4) is 0 Å². The SMILES string of the molecule is CCn1nc(C)c(NC(=O)NCC(O)c2c(F)cccc2F)c1C. The summed E-state index contributed by atoms with van der Waals surface area (Å²) in [5.41, 5.74) is 1.56. The van der Waals surface area contributed by atoms with Crippen LogP contribution in [0.15, 0.2) is 18.2 Å². The van der Waals surface area contributed by atoms with Crippen LogP contribution < -0.4 is 10.6 Å². The van der Waals surface area contributed by atoms with Crippen molar-refractivity contribution in [1.29, 1.82) is 0 Å². The number of urea groups is 1. The molecule has 1 atom stereocenters. The van der Waals surface area contributed by atoms with Crippen molar-refractivity contribution in [3.8, 4) is 0 Å². The summed E-state index contributed by atoms with van der Waals surface area (Å²) < 4.78 is 28.9. The van der Waals surface area contributed by atoms with E-state index in [9.17, 15) is 18.7 Å². The summed E-state index contributed by atoms with van der Waals surface area (Å²) in [5.74, 6) is -1.72. The van der Waals surface area contributed by atoms with Crippen LogP contribution in [0.2, 0.25) is 0 Å². The maximum Gasteiger partial charge on any atom is 0.319 e. The van der Waals surface area contributed by atoms with Crippen LogP contribution in [-0.4, -0.2) is 27.5 Å². The van der Waals surface area contributed by atoms with E-state index < -0.39 is 29.3 Å². The number of benzene rings is 1. The Morgan fingerprint density at radius 2 is 1.96 bits per heavy atom. The molecule has 0 saturated heterocycles. The lowest BCUT2D eigenvalue weighted by Crippen LogP contribution is -2.33. The number of aliphatic hydroxyl groups excluding tert-OH is 1. The molecule has 0 spiro atoms. The highest BCUT2D eigenvalue weighted by atomic mass is 19.1. The van der Waals surface area contributed by atoms with Crippen LogP contribution >= 0.6 is 0 Å². The van der Waals surface area contributed by atoms with Gasteiger partial charge in [0.1, 0.15) is 17.7 Å². The summed E-state index contributed by atoms with van der Waals surface area (Å²) in [6.45, 7) is 5.86. The van der Waals surface area contributed by atoms with Crippen molar-refractivity contribution in [2.45, 2.75) is 33.4 Å². The van der Waals surface area contributed by atoms with Gasteiger partial charge in [-0.15, -0.1) is 0 Å². The Labute approximate surface area is 138 Å². The first kappa shape index (κ1) is 17.9. The van der Waals surface area contributed by atoms with Crippen molar-refractivity contribution in [2.75, 3.05) is 11.9 Å². The number of nitrogens with one attached hydrogen (secondary N) is 2. The van der Waals surface area contributed by atoms with Gasteiger partial charge in [0.05, 0.1) is 22.6 Å². The van der Waals surface area contributed by atoms with Gasteiger partial charge in [-0.3, -0.25) is 4.68 Å². The summed E-state index contributed by atoms with van der Waals surface area (Å²) in [5, 5.41) is 19.2. The summed E-state index contributed by atoms with van der Waals surface area (Å²) >= 11 is 0. The first-order valence-electron chi connectivity index (χ1n) is 7.56. The number of aromatic nitrogens is 2. The average Bonchev–Trinajstić information content (AvgIpc) is 2.80. The number of nitrogens with zero attached hydrogens (tertiary/aromatic N) is 2. The van der Waals surface area contributed by atoms with E-state index in [-0.39, 0.29) is 6.54 Å². The molecule has 1 unspecified atom stereocenters. The molecule has 0 aliphatic carbocycles. The molecule has 1 aromatic carbocycles. The smallest absolute Gasteiger partial charge is 0.319 e. The zero-order valence-corrected chi connectivity index (χ0v) is 13.7. The third kappa shape index (κ3) is 3.70. The minimum absolute atomic E-state index is 0.330. The quantitative estimate of drug-likeness (QED) is 0.784. The number of rotatable bonds is 5. The molecule has 130 valence electrons. The summed E-state index contributed by atoms with van der Waals surface area (Å²) in [4.78, 5) is 12.0. The highest BCUT2D eigenvalue weighted by molar-refractivity contribution is 5.90. The second-order valence-electron chi connectivity index (χ2n) is 5.35. The van der Waals surface area contributed by atoms with Crippen LogP contribution in [0.25, 0.3) is 0 Å². The van der Waals surface area contributed by atoms with Gasteiger partial charge in [-0.1, -0.05) is 6.07 Å². The molecule has 0 aliphatic rings. The highest BCUT2D eigenvalue weighted by Crippen LogP contribution is 2.21. The highest BCUT2D eigenvalue weighted by Gasteiger charge is 2.19. The Morgan fingerprint density at radius 1 is 1.33 bits per heavy atom. The minimum atomic E-state index is -1.49. The summed E-state index contributed by atoms with van der Waals surface area (Å²) in [6.07, 6.45) is -1.49. The fourth-order valence-electron chi connectivity index (χ4n) is 2.46. The second kappa shape index (κ2) is 7.39. The van der Waals surface area contributed by atoms with Gasteiger partial charge in [-0.2, -0.15) is 5.10 Å². The van der Waals surface area contributed by atoms with E-state index in [1.165, 1.54) is 6.07 Å². The standard InChI is InChI=1S/C16H20F2N4O2/c1-4-22-10(3)15(9(2)21-22)20-16(24)19-8-13(23)14-11(17)6-5-7-12(14)18/h5-7,13,23H,4,8H2,1-3H3,(H2,19,20,24). The third-order valence-corrected chi connectivity index (χ3v) is 3.71. The normalized spacial score (nSPS) is 12.1. The molecule has 3 N–H and O–H groups in total. The average molecular weight is 338 g/mol. The molecule has 6 nitrogen and oxygen atoms in total. The van der Waals surface area contributed by atoms with Crippen molar-refractivity contribution in [3.63, 3.8) is 0 Å². The Kier molecular flexibility index (Phi) is 5.50. The minimum Gasteiger partial charge on any atom is -0.386 e. The molecule has 2 amide bonds. The van der Waals surface area contributed by atoms with Crippen molar-refractivity contribution in [2.24, 2.45) is 0 Å². The fraction of sp³-hybridized carbons (Fsp3) is 0.375. The van der Waals surface area contributed by atoms with E-state index in [0.29, 0.717) is 17.9 Å². The van der Waals surface area contributed by atoms with Gasteiger partial charge in [0, 0.05) is 13.1 Å². The largest absolute Gasteiger partial charge is 0.386 e. The molecule has 0 fully saturated rings. The monoisotopic (exact) mass is 338 g/mol. The van der Waals surface area contributed by atoms with Gasteiger partial charge in [0.2, 0.25) is 0 Å². The maximum atomic E-state index is 13.6. The van der Waals surface area contributed by atoms with Crippen molar-refractivity contribution in [3.05, 3.63) is 46.8 Å².